The van der Waals surface area contributed by atoms with Crippen molar-refractivity contribution in [3.05, 3.63) is 69.7 Å². The summed E-state index contributed by atoms with van der Waals surface area (Å²) in [6.07, 6.45) is 3.20. The molecule has 112 valence electrons. The zero-order valence-electron chi connectivity index (χ0n) is 12.4. The molecule has 0 radical (unpaired) electrons. The Morgan fingerprint density at radius 2 is 1.77 bits per heavy atom. The Balaban J connectivity index is 1.91. The minimum Gasteiger partial charge on any atom is -0.299 e. The van der Waals surface area contributed by atoms with Gasteiger partial charge >= 0.3 is 0 Å². The highest BCUT2D eigenvalue weighted by molar-refractivity contribution is 6.30. The van der Waals surface area contributed by atoms with Gasteiger partial charge in [-0.15, -0.1) is 0 Å². The van der Waals surface area contributed by atoms with E-state index in [0.29, 0.717) is 0 Å². The molecular weight excluding hydrogens is 294 g/mol. The predicted molar refractivity (Wildman–Crippen MR) is 88.6 cm³/mol. The summed E-state index contributed by atoms with van der Waals surface area (Å²) in [5, 5.41) is 0.780. The predicted octanol–water partition coefficient (Wildman–Crippen LogP) is 4.05. The second-order valence-electron chi connectivity index (χ2n) is 6.40. The van der Waals surface area contributed by atoms with E-state index < -0.39 is 0 Å². The molecule has 22 heavy (non-hydrogen) atoms. The first kappa shape index (κ1) is 14.0. The number of benzene rings is 2. The standard InChI is InChI=1S/C19H18ClNO/c20-17-4-2-16(3-5-17)19-7-9-21(10-8-19)12-15-11-14(13-22)1-6-18(15)19/h1-6,11,13H,7-10,12H2. The summed E-state index contributed by atoms with van der Waals surface area (Å²) in [7, 11) is 0. The second-order valence-corrected chi connectivity index (χ2v) is 6.84. The monoisotopic (exact) mass is 311 g/mol. The molecule has 0 atom stereocenters. The summed E-state index contributed by atoms with van der Waals surface area (Å²) < 4.78 is 0. The van der Waals surface area contributed by atoms with Gasteiger partial charge in [0.05, 0.1) is 0 Å². The molecule has 3 heteroatoms. The van der Waals surface area contributed by atoms with Crippen LogP contribution >= 0.6 is 11.6 Å². The minimum atomic E-state index is 0.0638. The van der Waals surface area contributed by atoms with Crippen molar-refractivity contribution in [1.82, 2.24) is 4.90 Å². The topological polar surface area (TPSA) is 20.3 Å². The van der Waals surface area contributed by atoms with E-state index in [1.54, 1.807) is 0 Å². The number of carbonyl (C=O) groups excluding carboxylic acids is 1. The van der Waals surface area contributed by atoms with Crippen LogP contribution in [0.5, 0.6) is 0 Å². The maximum Gasteiger partial charge on any atom is 0.150 e. The van der Waals surface area contributed by atoms with Crippen LogP contribution in [0, 0.1) is 0 Å². The van der Waals surface area contributed by atoms with Gasteiger partial charge in [0.15, 0.2) is 0 Å². The molecule has 3 heterocycles. The maximum absolute atomic E-state index is 11.1. The van der Waals surface area contributed by atoms with Crippen LogP contribution in [0.3, 0.4) is 0 Å². The Bertz CT molecular complexity index is 715. The van der Waals surface area contributed by atoms with Crippen molar-refractivity contribution >= 4 is 17.9 Å². The van der Waals surface area contributed by atoms with Crippen LogP contribution in [0.2, 0.25) is 5.02 Å². The molecular formula is C19H18ClNO. The fraction of sp³-hybridized carbons (Fsp3) is 0.316. The lowest BCUT2D eigenvalue weighted by Gasteiger charge is -2.39. The first-order chi connectivity index (χ1) is 10.7. The fourth-order valence-corrected chi connectivity index (χ4v) is 4.23. The summed E-state index contributed by atoms with van der Waals surface area (Å²) in [6, 6.07) is 14.5. The van der Waals surface area contributed by atoms with Gasteiger partial charge in [0.2, 0.25) is 0 Å². The number of aldehydes is 1. The van der Waals surface area contributed by atoms with E-state index >= 15 is 0 Å². The quantitative estimate of drug-likeness (QED) is 0.780. The van der Waals surface area contributed by atoms with Gasteiger partial charge in [-0.2, -0.15) is 0 Å². The van der Waals surface area contributed by atoms with Crippen molar-refractivity contribution in [1.29, 1.82) is 0 Å². The Hall–Kier alpha value is -1.64. The van der Waals surface area contributed by atoms with Crippen LogP contribution in [-0.2, 0) is 12.0 Å². The number of hydrogen-bond acceptors (Lipinski definition) is 2. The highest BCUT2D eigenvalue weighted by atomic mass is 35.5. The zero-order valence-corrected chi connectivity index (χ0v) is 13.1. The highest BCUT2D eigenvalue weighted by Crippen LogP contribution is 2.46. The molecule has 3 aliphatic heterocycles. The van der Waals surface area contributed by atoms with E-state index in [2.05, 4.69) is 29.2 Å². The third kappa shape index (κ3) is 2.10. The smallest absolute Gasteiger partial charge is 0.150 e. The summed E-state index contributed by atoms with van der Waals surface area (Å²) in [4.78, 5) is 13.6. The van der Waals surface area contributed by atoms with Gasteiger partial charge in [0.1, 0.15) is 6.29 Å². The van der Waals surface area contributed by atoms with Gasteiger partial charge in [-0.1, -0.05) is 35.9 Å². The van der Waals surface area contributed by atoms with Crippen LogP contribution in [0.1, 0.15) is 39.9 Å². The number of nitrogens with zero attached hydrogens (tertiary/aromatic N) is 1. The van der Waals surface area contributed by atoms with Gasteiger partial charge in [0, 0.05) is 22.5 Å². The number of rotatable bonds is 2. The van der Waals surface area contributed by atoms with E-state index in [-0.39, 0.29) is 5.41 Å². The lowest BCUT2D eigenvalue weighted by molar-refractivity contribution is 0.112. The summed E-state index contributed by atoms with van der Waals surface area (Å²) in [5.41, 5.74) is 4.87. The maximum atomic E-state index is 11.1. The lowest BCUT2D eigenvalue weighted by atomic mass is 9.68. The van der Waals surface area contributed by atoms with Crippen LogP contribution in [0.25, 0.3) is 0 Å². The average Bonchev–Trinajstić information content (AvgIpc) is 2.81. The molecule has 2 aromatic rings. The minimum absolute atomic E-state index is 0.0638. The SMILES string of the molecule is O=Cc1ccc2c(c1)CN1CCC2(c2ccc(Cl)cc2)CC1. The van der Waals surface area contributed by atoms with E-state index in [4.69, 9.17) is 11.6 Å². The van der Waals surface area contributed by atoms with E-state index in [1.807, 2.05) is 18.2 Å². The Kier molecular flexibility index (Phi) is 3.32. The van der Waals surface area contributed by atoms with Crippen molar-refractivity contribution in [2.45, 2.75) is 24.8 Å². The Morgan fingerprint density at radius 1 is 1.05 bits per heavy atom. The van der Waals surface area contributed by atoms with E-state index in [0.717, 1.165) is 49.3 Å². The zero-order chi connectivity index (χ0) is 15.2. The fourth-order valence-electron chi connectivity index (χ4n) is 4.10. The summed E-state index contributed by atoms with van der Waals surface area (Å²) in [6.45, 7) is 3.16. The molecule has 2 aromatic carbocycles. The van der Waals surface area contributed by atoms with Crippen molar-refractivity contribution in [2.75, 3.05) is 13.1 Å². The number of carbonyl (C=O) groups is 1. The van der Waals surface area contributed by atoms with Crippen LogP contribution < -0.4 is 0 Å². The average molecular weight is 312 g/mol. The molecule has 1 saturated heterocycles. The molecule has 0 aliphatic carbocycles. The first-order valence-corrected chi connectivity index (χ1v) is 8.16. The number of fused-ring (bicyclic) bond motifs is 2. The van der Waals surface area contributed by atoms with Crippen LogP contribution in [-0.4, -0.2) is 24.3 Å². The molecule has 5 rings (SSSR count). The van der Waals surface area contributed by atoms with Crippen molar-refractivity contribution < 1.29 is 4.79 Å². The van der Waals surface area contributed by atoms with Gasteiger partial charge in [-0.05, 0) is 60.8 Å². The van der Waals surface area contributed by atoms with Crippen molar-refractivity contribution in [3.8, 4) is 0 Å². The van der Waals surface area contributed by atoms with Crippen LogP contribution in [0.15, 0.2) is 42.5 Å². The van der Waals surface area contributed by atoms with Gasteiger partial charge in [0.25, 0.3) is 0 Å². The Morgan fingerprint density at radius 3 is 2.45 bits per heavy atom. The lowest BCUT2D eigenvalue weighted by Crippen LogP contribution is -2.39. The molecule has 0 saturated carbocycles. The molecule has 2 bridgehead atoms. The van der Waals surface area contributed by atoms with E-state index in [1.165, 1.54) is 16.7 Å². The third-order valence-electron chi connectivity index (χ3n) is 5.28. The van der Waals surface area contributed by atoms with Crippen molar-refractivity contribution in [2.24, 2.45) is 0 Å². The molecule has 0 amide bonds. The van der Waals surface area contributed by atoms with Crippen molar-refractivity contribution in [3.63, 3.8) is 0 Å². The van der Waals surface area contributed by atoms with Gasteiger partial charge in [-0.3, -0.25) is 9.69 Å². The van der Waals surface area contributed by atoms with Gasteiger partial charge in [-0.25, -0.2) is 0 Å². The summed E-state index contributed by atoms with van der Waals surface area (Å²) in [5.74, 6) is 0. The normalized spacial score (nSPS) is 26.3. The molecule has 2 nitrogen and oxygen atoms in total. The van der Waals surface area contributed by atoms with E-state index in [9.17, 15) is 4.79 Å². The number of halogens is 1. The van der Waals surface area contributed by atoms with Crippen LogP contribution in [0.4, 0.5) is 0 Å². The molecule has 1 fully saturated rings. The molecule has 0 unspecified atom stereocenters. The number of piperidine rings is 1. The molecule has 0 spiro atoms. The number of hydrogen-bond donors (Lipinski definition) is 0. The molecule has 3 aliphatic rings. The van der Waals surface area contributed by atoms with Gasteiger partial charge < -0.3 is 0 Å². The second kappa shape index (κ2) is 5.22. The Labute approximate surface area is 135 Å². The highest BCUT2D eigenvalue weighted by Gasteiger charge is 2.41. The summed E-state index contributed by atoms with van der Waals surface area (Å²) >= 11 is 6.07. The largest absolute Gasteiger partial charge is 0.299 e. The molecule has 0 aromatic heterocycles. The third-order valence-corrected chi connectivity index (χ3v) is 5.53. The molecule has 0 N–H and O–H groups in total. The first-order valence-electron chi connectivity index (χ1n) is 7.78.